The van der Waals surface area contributed by atoms with Crippen LogP contribution in [0.3, 0.4) is 0 Å². The number of rotatable bonds is 2. The molecule has 0 aromatic carbocycles. The highest BCUT2D eigenvalue weighted by atomic mass is 16.2. The van der Waals surface area contributed by atoms with Crippen molar-refractivity contribution in [2.45, 2.75) is 143 Å². The van der Waals surface area contributed by atoms with E-state index in [1.807, 2.05) is 0 Å². The van der Waals surface area contributed by atoms with Gasteiger partial charge in [-0.15, -0.1) is 0 Å². The molecule has 8 heteroatoms. The lowest BCUT2D eigenvalue weighted by atomic mass is 9.96. The molecule has 0 aromatic heterocycles. The van der Waals surface area contributed by atoms with E-state index in [0.717, 1.165) is 78.0 Å². The number of likely N-dealkylation sites (tertiary alicyclic amines) is 2. The number of hydrogen-bond acceptors (Lipinski definition) is 6. The van der Waals surface area contributed by atoms with E-state index in [-0.39, 0.29) is 22.2 Å². The van der Waals surface area contributed by atoms with Gasteiger partial charge in [0.15, 0.2) is 0 Å². The van der Waals surface area contributed by atoms with E-state index in [2.05, 4.69) is 112 Å². The first kappa shape index (κ1) is 35.3. The minimum absolute atomic E-state index is 0.0946. The highest BCUT2D eigenvalue weighted by Gasteiger charge is 2.38. The molecule has 4 rings (SSSR count). The Labute approximate surface area is 259 Å². The van der Waals surface area contributed by atoms with Gasteiger partial charge in [-0.3, -0.25) is 29.2 Å². The Morgan fingerprint density at radius 2 is 0.667 bits per heavy atom. The van der Waals surface area contributed by atoms with Crippen molar-refractivity contribution in [3.8, 4) is 0 Å². The largest absolute Gasteiger partial charge is 0.337 e. The average molecular weight is 591 g/mol. The van der Waals surface area contributed by atoms with E-state index in [1.165, 1.54) is 0 Å². The zero-order chi connectivity index (χ0) is 31.7. The molecule has 42 heavy (non-hydrogen) atoms. The van der Waals surface area contributed by atoms with Gasteiger partial charge in [0.1, 0.15) is 0 Å². The van der Waals surface area contributed by atoms with E-state index in [0.29, 0.717) is 37.0 Å². The van der Waals surface area contributed by atoms with Crippen LogP contribution in [-0.2, 0) is 9.59 Å². The van der Waals surface area contributed by atoms with Crippen molar-refractivity contribution in [2.24, 2.45) is 0 Å². The van der Waals surface area contributed by atoms with Crippen LogP contribution in [-0.4, -0.2) is 141 Å². The lowest BCUT2D eigenvalue weighted by Crippen LogP contribution is -2.60. The molecule has 2 amide bonds. The lowest BCUT2D eigenvalue weighted by molar-refractivity contribution is -0.143. The predicted molar refractivity (Wildman–Crippen MR) is 175 cm³/mol. The first-order chi connectivity index (χ1) is 19.2. The van der Waals surface area contributed by atoms with Crippen molar-refractivity contribution in [3.05, 3.63) is 0 Å². The van der Waals surface area contributed by atoms with E-state index in [1.54, 1.807) is 0 Å². The van der Waals surface area contributed by atoms with Crippen LogP contribution >= 0.6 is 0 Å². The molecule has 0 atom stereocenters. The van der Waals surface area contributed by atoms with Crippen LogP contribution in [0.1, 0.15) is 109 Å². The summed E-state index contributed by atoms with van der Waals surface area (Å²) in [6.07, 6.45) is 4.49. The summed E-state index contributed by atoms with van der Waals surface area (Å²) in [5.74, 6) is 0.649. The molecule has 0 N–H and O–H groups in total. The van der Waals surface area contributed by atoms with Gasteiger partial charge in [-0.1, -0.05) is 0 Å². The minimum Gasteiger partial charge on any atom is -0.337 e. The van der Waals surface area contributed by atoms with Crippen LogP contribution in [0.2, 0.25) is 0 Å². The molecule has 0 unspecified atom stereocenters. The molecule has 0 bridgehead atoms. The Hall–Kier alpha value is -1.22. The SMILES string of the molecule is CC(C)(C)N1CCC(N2CCN(C(C)(C)C)CC2=O)CC1.CC(C)(C)N1CCC(N2CCN(C(C)(C)C)CC2=O)CC1. The van der Waals surface area contributed by atoms with Crippen LogP contribution in [0.4, 0.5) is 0 Å². The third-order valence-electron chi connectivity index (χ3n) is 10.1. The Morgan fingerprint density at radius 1 is 0.405 bits per heavy atom. The molecule has 4 fully saturated rings. The van der Waals surface area contributed by atoms with Crippen LogP contribution < -0.4 is 0 Å². The van der Waals surface area contributed by atoms with Crippen molar-refractivity contribution < 1.29 is 9.59 Å². The summed E-state index contributed by atoms with van der Waals surface area (Å²) < 4.78 is 0. The van der Waals surface area contributed by atoms with Crippen LogP contribution in [0.15, 0.2) is 0 Å². The van der Waals surface area contributed by atoms with Crippen molar-refractivity contribution >= 4 is 11.8 Å². The molecule has 4 aliphatic rings. The summed E-state index contributed by atoms with van der Waals surface area (Å²) in [5, 5.41) is 0. The zero-order valence-corrected chi connectivity index (χ0v) is 29.6. The van der Waals surface area contributed by atoms with Crippen molar-refractivity contribution in [1.82, 2.24) is 29.4 Å². The van der Waals surface area contributed by atoms with Gasteiger partial charge in [0.2, 0.25) is 11.8 Å². The van der Waals surface area contributed by atoms with Crippen LogP contribution in [0, 0.1) is 0 Å². The van der Waals surface area contributed by atoms with Gasteiger partial charge in [0.25, 0.3) is 0 Å². The maximum Gasteiger partial charge on any atom is 0.237 e. The monoisotopic (exact) mass is 591 g/mol. The maximum atomic E-state index is 12.5. The topological polar surface area (TPSA) is 53.6 Å². The van der Waals surface area contributed by atoms with Gasteiger partial charge in [0, 0.05) is 86.6 Å². The van der Waals surface area contributed by atoms with Crippen LogP contribution in [0.25, 0.3) is 0 Å². The summed E-state index contributed by atoms with van der Waals surface area (Å²) in [6.45, 7) is 36.3. The zero-order valence-electron chi connectivity index (χ0n) is 29.6. The molecule has 0 aromatic rings. The summed E-state index contributed by atoms with van der Waals surface area (Å²) in [4.78, 5) is 39.0. The summed E-state index contributed by atoms with van der Waals surface area (Å²) in [7, 11) is 0. The molecule has 0 radical (unpaired) electrons. The smallest absolute Gasteiger partial charge is 0.237 e. The second kappa shape index (κ2) is 13.4. The van der Waals surface area contributed by atoms with Crippen molar-refractivity contribution in [1.29, 1.82) is 0 Å². The van der Waals surface area contributed by atoms with E-state index >= 15 is 0 Å². The van der Waals surface area contributed by atoms with Gasteiger partial charge < -0.3 is 9.80 Å². The van der Waals surface area contributed by atoms with E-state index in [9.17, 15) is 9.59 Å². The normalized spacial score (nSPS) is 24.7. The standard InChI is InChI=1S/2C17H33N3O/c2*1-16(2,3)18-9-7-14(8-10-18)20-12-11-19(13-15(20)21)17(4,5)6/h2*14H,7-13H2,1-6H3. The quantitative estimate of drug-likeness (QED) is 0.476. The third-order valence-corrected chi connectivity index (χ3v) is 10.1. The molecule has 4 heterocycles. The first-order valence-corrected chi connectivity index (χ1v) is 16.8. The molecule has 0 spiro atoms. The number of amides is 2. The number of piperidine rings is 2. The third kappa shape index (κ3) is 9.39. The fourth-order valence-electron chi connectivity index (χ4n) is 6.99. The van der Waals surface area contributed by atoms with Gasteiger partial charge in [0.05, 0.1) is 13.1 Å². The Bertz CT molecular complexity index is 819. The Morgan fingerprint density at radius 3 is 0.881 bits per heavy atom. The Kier molecular flexibility index (Phi) is 11.3. The van der Waals surface area contributed by atoms with E-state index < -0.39 is 0 Å². The predicted octanol–water partition coefficient (Wildman–Crippen LogP) is 4.38. The average Bonchev–Trinajstić information content (AvgIpc) is 2.87. The first-order valence-electron chi connectivity index (χ1n) is 16.8. The van der Waals surface area contributed by atoms with Gasteiger partial charge in [-0.25, -0.2) is 0 Å². The lowest BCUT2D eigenvalue weighted by Gasteiger charge is -2.47. The summed E-state index contributed by atoms with van der Waals surface area (Å²) >= 11 is 0. The number of carbonyl (C=O) groups is 2. The maximum absolute atomic E-state index is 12.5. The number of hydrogen-bond donors (Lipinski definition) is 0. The highest BCUT2D eigenvalue weighted by Crippen LogP contribution is 2.27. The molecular weight excluding hydrogens is 524 g/mol. The molecule has 4 aliphatic heterocycles. The number of piperazine rings is 2. The number of carbonyl (C=O) groups excluding carboxylic acids is 2. The van der Waals surface area contributed by atoms with Crippen molar-refractivity contribution in [2.75, 3.05) is 65.4 Å². The molecular formula is C34H66N6O2. The van der Waals surface area contributed by atoms with Gasteiger partial charge >= 0.3 is 0 Å². The van der Waals surface area contributed by atoms with Crippen LogP contribution in [0.5, 0.6) is 0 Å². The van der Waals surface area contributed by atoms with E-state index in [4.69, 9.17) is 0 Å². The molecule has 4 saturated heterocycles. The summed E-state index contributed by atoms with van der Waals surface area (Å²) in [6, 6.07) is 0.913. The van der Waals surface area contributed by atoms with Crippen molar-refractivity contribution in [3.63, 3.8) is 0 Å². The second-order valence-electron chi connectivity index (χ2n) is 17.1. The van der Waals surface area contributed by atoms with Gasteiger partial charge in [-0.2, -0.15) is 0 Å². The second-order valence-corrected chi connectivity index (χ2v) is 17.1. The minimum atomic E-state index is 0.0946. The summed E-state index contributed by atoms with van der Waals surface area (Å²) in [5.41, 5.74) is 0.689. The Balaban J connectivity index is 0.000000230. The number of nitrogens with zero attached hydrogens (tertiary/aromatic N) is 6. The highest BCUT2D eigenvalue weighted by molar-refractivity contribution is 5.80. The fourth-order valence-corrected chi connectivity index (χ4v) is 6.99. The molecule has 0 saturated carbocycles. The fraction of sp³-hybridized carbons (Fsp3) is 0.941. The molecule has 8 nitrogen and oxygen atoms in total. The van der Waals surface area contributed by atoms with Gasteiger partial charge in [-0.05, 0) is 109 Å². The molecule has 244 valence electrons. The molecule has 0 aliphatic carbocycles.